The van der Waals surface area contributed by atoms with Crippen LogP contribution in [0.5, 0.6) is 0 Å². The lowest BCUT2D eigenvalue weighted by molar-refractivity contribution is -0.122. The Morgan fingerprint density at radius 2 is 2.00 bits per heavy atom. The summed E-state index contributed by atoms with van der Waals surface area (Å²) in [6, 6.07) is 3.11. The van der Waals surface area contributed by atoms with Gasteiger partial charge in [0.1, 0.15) is 5.82 Å². The first kappa shape index (κ1) is 12.7. The number of nitrogens with two attached hydrogens (primary N) is 2. The maximum Gasteiger partial charge on any atom is 0.220 e. The number of aryl methyl sites for hydroxylation is 1. The molecule has 1 saturated heterocycles. The fraction of sp³-hybridized carbons (Fsp3) is 0.462. The van der Waals surface area contributed by atoms with Gasteiger partial charge in [-0.25, -0.2) is 4.39 Å². The van der Waals surface area contributed by atoms with Gasteiger partial charge >= 0.3 is 0 Å². The number of hydrogen-bond donors (Lipinski definition) is 2. The summed E-state index contributed by atoms with van der Waals surface area (Å²) in [6.45, 7) is 3.17. The van der Waals surface area contributed by atoms with Crippen LogP contribution in [0.25, 0.3) is 0 Å². The van der Waals surface area contributed by atoms with Gasteiger partial charge in [0.05, 0.1) is 11.4 Å². The molecule has 0 spiro atoms. The average molecular weight is 251 g/mol. The van der Waals surface area contributed by atoms with Crippen LogP contribution in [0.15, 0.2) is 12.1 Å². The Labute approximate surface area is 106 Å². The summed E-state index contributed by atoms with van der Waals surface area (Å²) < 4.78 is 13.3. The monoisotopic (exact) mass is 251 g/mol. The van der Waals surface area contributed by atoms with Gasteiger partial charge in [-0.2, -0.15) is 0 Å². The highest BCUT2D eigenvalue weighted by molar-refractivity contribution is 5.77. The zero-order chi connectivity index (χ0) is 13.3. The molecule has 1 heterocycles. The van der Waals surface area contributed by atoms with E-state index in [-0.39, 0.29) is 17.6 Å². The molecule has 0 bridgehead atoms. The quantitative estimate of drug-likeness (QED) is 0.781. The molecule has 2 rings (SSSR count). The molecule has 4 N–H and O–H groups in total. The average Bonchev–Trinajstić information content (AvgIpc) is 2.34. The van der Waals surface area contributed by atoms with Crippen molar-refractivity contribution in [1.29, 1.82) is 0 Å². The Bertz CT molecular complexity index is 468. The van der Waals surface area contributed by atoms with Crippen LogP contribution < -0.4 is 16.4 Å². The van der Waals surface area contributed by atoms with Crippen LogP contribution in [0.2, 0.25) is 0 Å². The largest absolute Gasteiger partial charge is 0.397 e. The standard InChI is InChI=1S/C13H18FN3O/c1-8-6-12(11(15)7-10(8)14)17-4-2-9(3-5-17)13(16)18/h6-7,9H,2-5,15H2,1H3,(H2,16,18). The summed E-state index contributed by atoms with van der Waals surface area (Å²) in [5.74, 6) is -0.579. The molecule has 0 radical (unpaired) electrons. The summed E-state index contributed by atoms with van der Waals surface area (Å²) in [7, 11) is 0. The molecule has 1 aliphatic heterocycles. The summed E-state index contributed by atoms with van der Waals surface area (Å²) >= 11 is 0. The topological polar surface area (TPSA) is 72.3 Å². The van der Waals surface area contributed by atoms with E-state index in [1.54, 1.807) is 13.0 Å². The lowest BCUT2D eigenvalue weighted by Gasteiger charge is -2.33. The van der Waals surface area contributed by atoms with E-state index in [4.69, 9.17) is 11.5 Å². The number of amides is 1. The maximum absolute atomic E-state index is 13.3. The number of primary amides is 1. The number of rotatable bonds is 2. The fourth-order valence-corrected chi connectivity index (χ4v) is 2.36. The summed E-state index contributed by atoms with van der Waals surface area (Å²) in [5.41, 5.74) is 13.0. The number of carbonyl (C=O) groups is 1. The van der Waals surface area contributed by atoms with Gasteiger partial charge < -0.3 is 16.4 Å². The minimum absolute atomic E-state index is 0.0518. The van der Waals surface area contributed by atoms with Gasteiger partial charge in [0.25, 0.3) is 0 Å². The Hall–Kier alpha value is -1.78. The zero-order valence-electron chi connectivity index (χ0n) is 10.4. The normalized spacial score (nSPS) is 16.9. The van der Waals surface area contributed by atoms with E-state index in [0.29, 0.717) is 11.3 Å². The molecule has 4 nitrogen and oxygen atoms in total. The van der Waals surface area contributed by atoms with Crippen LogP contribution in [-0.2, 0) is 4.79 Å². The number of hydrogen-bond acceptors (Lipinski definition) is 3. The van der Waals surface area contributed by atoms with Gasteiger partial charge in [0.15, 0.2) is 0 Å². The van der Waals surface area contributed by atoms with E-state index >= 15 is 0 Å². The van der Waals surface area contributed by atoms with E-state index < -0.39 is 0 Å². The Morgan fingerprint density at radius 3 is 2.56 bits per heavy atom. The molecule has 5 heteroatoms. The van der Waals surface area contributed by atoms with Crippen molar-refractivity contribution in [3.8, 4) is 0 Å². The molecule has 0 aliphatic carbocycles. The third-order valence-corrected chi connectivity index (χ3v) is 3.55. The molecule has 0 unspecified atom stereocenters. The highest BCUT2D eigenvalue weighted by Gasteiger charge is 2.24. The highest BCUT2D eigenvalue weighted by Crippen LogP contribution is 2.30. The van der Waals surface area contributed by atoms with Crippen LogP contribution in [0.3, 0.4) is 0 Å². The van der Waals surface area contributed by atoms with Gasteiger partial charge in [-0.3, -0.25) is 4.79 Å². The third kappa shape index (κ3) is 2.39. The van der Waals surface area contributed by atoms with E-state index in [9.17, 15) is 9.18 Å². The Morgan fingerprint density at radius 1 is 1.39 bits per heavy atom. The molecule has 1 fully saturated rings. The SMILES string of the molecule is Cc1cc(N2CCC(C(N)=O)CC2)c(N)cc1F. The van der Waals surface area contributed by atoms with Crippen LogP contribution in [0.4, 0.5) is 15.8 Å². The first-order valence-corrected chi connectivity index (χ1v) is 6.09. The van der Waals surface area contributed by atoms with Crippen molar-refractivity contribution in [2.75, 3.05) is 23.7 Å². The van der Waals surface area contributed by atoms with Crippen LogP contribution in [-0.4, -0.2) is 19.0 Å². The van der Waals surface area contributed by atoms with Crippen molar-refractivity contribution in [1.82, 2.24) is 0 Å². The molecule has 18 heavy (non-hydrogen) atoms. The molecule has 1 aliphatic rings. The van der Waals surface area contributed by atoms with Crippen molar-refractivity contribution < 1.29 is 9.18 Å². The van der Waals surface area contributed by atoms with Crippen molar-refractivity contribution in [2.24, 2.45) is 11.7 Å². The Balaban J connectivity index is 2.15. The number of halogens is 1. The second kappa shape index (κ2) is 4.84. The molecule has 98 valence electrons. The van der Waals surface area contributed by atoms with E-state index in [0.717, 1.165) is 31.6 Å². The van der Waals surface area contributed by atoms with Crippen molar-refractivity contribution in [2.45, 2.75) is 19.8 Å². The van der Waals surface area contributed by atoms with E-state index in [1.165, 1.54) is 6.07 Å². The van der Waals surface area contributed by atoms with Crippen molar-refractivity contribution in [3.05, 3.63) is 23.5 Å². The molecular weight excluding hydrogens is 233 g/mol. The van der Waals surface area contributed by atoms with Crippen molar-refractivity contribution in [3.63, 3.8) is 0 Å². The second-order valence-corrected chi connectivity index (χ2v) is 4.82. The number of nitrogens with zero attached hydrogens (tertiary/aromatic N) is 1. The lowest BCUT2D eigenvalue weighted by Crippen LogP contribution is -2.38. The first-order valence-electron chi connectivity index (χ1n) is 6.09. The van der Waals surface area contributed by atoms with Gasteiger partial charge in [-0.15, -0.1) is 0 Å². The van der Waals surface area contributed by atoms with Gasteiger partial charge in [-0.05, 0) is 37.5 Å². The number of anilines is 2. The molecule has 0 atom stereocenters. The summed E-state index contributed by atoms with van der Waals surface area (Å²) in [6.07, 6.45) is 1.45. The van der Waals surface area contributed by atoms with Crippen molar-refractivity contribution >= 4 is 17.3 Å². The van der Waals surface area contributed by atoms with Gasteiger partial charge in [-0.1, -0.05) is 0 Å². The van der Waals surface area contributed by atoms with Crippen LogP contribution >= 0.6 is 0 Å². The van der Waals surface area contributed by atoms with E-state index in [1.807, 2.05) is 0 Å². The van der Waals surface area contributed by atoms with Gasteiger partial charge in [0.2, 0.25) is 5.91 Å². The zero-order valence-corrected chi connectivity index (χ0v) is 10.4. The van der Waals surface area contributed by atoms with Gasteiger partial charge in [0, 0.05) is 19.0 Å². The summed E-state index contributed by atoms with van der Waals surface area (Å²) in [5, 5.41) is 0. The predicted molar refractivity (Wildman–Crippen MR) is 69.7 cm³/mol. The number of carbonyl (C=O) groups excluding carboxylic acids is 1. The molecule has 0 saturated carbocycles. The van der Waals surface area contributed by atoms with Crippen LogP contribution in [0.1, 0.15) is 18.4 Å². The van der Waals surface area contributed by atoms with E-state index in [2.05, 4.69) is 4.90 Å². The smallest absolute Gasteiger partial charge is 0.220 e. The highest BCUT2D eigenvalue weighted by atomic mass is 19.1. The minimum atomic E-state index is -0.289. The lowest BCUT2D eigenvalue weighted by atomic mass is 9.95. The number of benzene rings is 1. The molecule has 1 amide bonds. The fourth-order valence-electron chi connectivity index (χ4n) is 2.36. The first-order chi connectivity index (χ1) is 8.49. The third-order valence-electron chi connectivity index (χ3n) is 3.55. The Kier molecular flexibility index (Phi) is 3.41. The summed E-state index contributed by atoms with van der Waals surface area (Å²) in [4.78, 5) is 13.2. The molecule has 1 aromatic rings. The number of nitrogen functional groups attached to an aromatic ring is 1. The molecular formula is C13H18FN3O. The second-order valence-electron chi connectivity index (χ2n) is 4.82. The minimum Gasteiger partial charge on any atom is -0.397 e. The van der Waals surface area contributed by atoms with Crippen LogP contribution in [0, 0.1) is 18.7 Å². The molecule has 0 aromatic heterocycles. The molecule has 1 aromatic carbocycles. The predicted octanol–water partition coefficient (Wildman–Crippen LogP) is 1.42. The maximum atomic E-state index is 13.3. The number of piperidine rings is 1.